The smallest absolute Gasteiger partial charge is 0.235 e. The van der Waals surface area contributed by atoms with Crippen molar-refractivity contribution in [2.24, 2.45) is 0 Å². The molecule has 1 saturated heterocycles. The van der Waals surface area contributed by atoms with Crippen LogP contribution in [0.3, 0.4) is 0 Å². The lowest BCUT2D eigenvalue weighted by molar-refractivity contribution is -0.130. The second kappa shape index (κ2) is 6.73. The molecule has 0 aliphatic carbocycles. The Balaban J connectivity index is 1.68. The van der Waals surface area contributed by atoms with E-state index in [2.05, 4.69) is 29.0 Å². The highest BCUT2D eigenvalue weighted by molar-refractivity contribution is 8.00. The van der Waals surface area contributed by atoms with Crippen LogP contribution in [0.2, 0.25) is 0 Å². The summed E-state index contributed by atoms with van der Waals surface area (Å²) in [6, 6.07) is 6.17. The third-order valence-corrected chi connectivity index (χ3v) is 5.14. The Labute approximate surface area is 135 Å². The Hall–Kier alpha value is -1.49. The van der Waals surface area contributed by atoms with Gasteiger partial charge in [0.25, 0.3) is 0 Å². The molecule has 0 bridgehead atoms. The normalized spacial score (nSPS) is 17.5. The maximum absolute atomic E-state index is 12.6. The van der Waals surface area contributed by atoms with Crippen molar-refractivity contribution in [3.63, 3.8) is 0 Å². The lowest BCUT2D eigenvalue weighted by Gasteiger charge is -2.23. The molecule has 1 N–H and O–H groups in total. The summed E-state index contributed by atoms with van der Waals surface area (Å²) in [6.07, 6.45) is 4.75. The molecule has 1 fully saturated rings. The molecule has 2 aromatic rings. The lowest BCUT2D eigenvalue weighted by Crippen LogP contribution is -2.37. The van der Waals surface area contributed by atoms with Gasteiger partial charge in [-0.3, -0.25) is 4.79 Å². The molecule has 0 radical (unpaired) electrons. The quantitative estimate of drug-likeness (QED) is 0.877. The number of carbonyl (C=O) groups excluding carboxylic acids is 1. The number of carbonyl (C=O) groups is 1. The molecule has 1 unspecified atom stereocenters. The average Bonchev–Trinajstić information content (AvgIpc) is 2.72. The molecule has 0 spiro atoms. The number of benzene rings is 1. The number of hydrogen-bond donors (Lipinski definition) is 1. The van der Waals surface area contributed by atoms with Crippen molar-refractivity contribution in [2.75, 3.05) is 13.1 Å². The number of thioether (sulfide) groups is 1. The summed E-state index contributed by atoms with van der Waals surface area (Å²) in [6.45, 7) is 5.86. The number of aromatic amines is 1. The minimum Gasteiger partial charge on any atom is -0.342 e. The molecule has 1 aliphatic rings. The maximum Gasteiger partial charge on any atom is 0.235 e. The van der Waals surface area contributed by atoms with Gasteiger partial charge in [0.05, 0.1) is 16.3 Å². The van der Waals surface area contributed by atoms with Crippen LogP contribution >= 0.6 is 11.8 Å². The fraction of sp³-hybridized carbons (Fsp3) is 0.529. The Morgan fingerprint density at radius 2 is 2.00 bits per heavy atom. The van der Waals surface area contributed by atoms with E-state index < -0.39 is 0 Å². The highest BCUT2D eigenvalue weighted by atomic mass is 32.2. The zero-order valence-electron chi connectivity index (χ0n) is 13.3. The summed E-state index contributed by atoms with van der Waals surface area (Å²) in [5.41, 5.74) is 3.21. The van der Waals surface area contributed by atoms with Crippen LogP contribution in [0.5, 0.6) is 0 Å². The first-order chi connectivity index (χ1) is 10.6. The van der Waals surface area contributed by atoms with E-state index in [1.807, 2.05) is 17.9 Å². The minimum atomic E-state index is -0.0974. The van der Waals surface area contributed by atoms with Gasteiger partial charge in [-0.2, -0.15) is 0 Å². The summed E-state index contributed by atoms with van der Waals surface area (Å²) in [5.74, 6) is 0.239. The third-order valence-electron chi connectivity index (χ3n) is 4.17. The number of aromatic nitrogens is 2. The molecule has 4 nitrogen and oxygen atoms in total. The standard InChI is InChI=1S/C17H23N3OS/c1-12-7-8-14-15(11-12)19-17(18-14)22-13(2)16(21)20-9-5-3-4-6-10-20/h7-8,11,13H,3-6,9-10H2,1-2H3,(H,18,19). The van der Waals surface area contributed by atoms with Gasteiger partial charge in [-0.05, 0) is 44.4 Å². The van der Waals surface area contributed by atoms with Crippen molar-refractivity contribution < 1.29 is 4.79 Å². The van der Waals surface area contributed by atoms with Crippen molar-refractivity contribution in [3.05, 3.63) is 23.8 Å². The van der Waals surface area contributed by atoms with Gasteiger partial charge in [0.15, 0.2) is 5.16 Å². The van der Waals surface area contributed by atoms with E-state index in [0.717, 1.165) is 42.1 Å². The molecule has 1 aliphatic heterocycles. The summed E-state index contributed by atoms with van der Waals surface area (Å²) < 4.78 is 0. The Bertz CT molecular complexity index is 659. The number of nitrogens with zero attached hydrogens (tertiary/aromatic N) is 2. The number of aryl methyl sites for hydroxylation is 1. The Morgan fingerprint density at radius 1 is 1.27 bits per heavy atom. The molecule has 1 aromatic carbocycles. The molecule has 118 valence electrons. The first-order valence-corrected chi connectivity index (χ1v) is 8.93. The number of likely N-dealkylation sites (tertiary alicyclic amines) is 1. The molecule has 1 amide bonds. The second-order valence-electron chi connectivity index (χ2n) is 6.06. The van der Waals surface area contributed by atoms with Crippen molar-refractivity contribution >= 4 is 28.7 Å². The Kier molecular flexibility index (Phi) is 4.71. The zero-order valence-corrected chi connectivity index (χ0v) is 14.1. The number of hydrogen-bond acceptors (Lipinski definition) is 3. The number of fused-ring (bicyclic) bond motifs is 1. The van der Waals surface area contributed by atoms with Crippen molar-refractivity contribution in [2.45, 2.75) is 49.9 Å². The van der Waals surface area contributed by atoms with Crippen molar-refractivity contribution in [3.8, 4) is 0 Å². The van der Waals surface area contributed by atoms with Gasteiger partial charge in [0, 0.05) is 13.1 Å². The number of imidazole rings is 1. The van der Waals surface area contributed by atoms with E-state index in [0.29, 0.717) is 0 Å². The molecular weight excluding hydrogens is 294 g/mol. The molecular formula is C17H23N3OS. The molecule has 3 rings (SSSR count). The second-order valence-corrected chi connectivity index (χ2v) is 7.39. The summed E-state index contributed by atoms with van der Waals surface area (Å²) >= 11 is 1.53. The van der Waals surface area contributed by atoms with Crippen LogP contribution in [0.25, 0.3) is 11.0 Å². The van der Waals surface area contributed by atoms with Crippen LogP contribution in [0, 0.1) is 6.92 Å². The number of H-pyrrole nitrogens is 1. The lowest BCUT2D eigenvalue weighted by atomic mass is 10.2. The van der Waals surface area contributed by atoms with Crippen LogP contribution in [0.4, 0.5) is 0 Å². The Morgan fingerprint density at radius 3 is 2.73 bits per heavy atom. The molecule has 2 heterocycles. The van der Waals surface area contributed by atoms with Crippen LogP contribution < -0.4 is 0 Å². The van der Waals surface area contributed by atoms with Crippen molar-refractivity contribution in [1.82, 2.24) is 14.9 Å². The van der Waals surface area contributed by atoms with Gasteiger partial charge in [0.2, 0.25) is 5.91 Å². The molecule has 0 saturated carbocycles. The van der Waals surface area contributed by atoms with E-state index in [9.17, 15) is 4.79 Å². The van der Waals surface area contributed by atoms with Crippen LogP contribution in [0.1, 0.15) is 38.2 Å². The maximum atomic E-state index is 12.6. The molecule has 1 atom stereocenters. The predicted octanol–water partition coefficient (Wildman–Crippen LogP) is 3.75. The summed E-state index contributed by atoms with van der Waals surface area (Å²) in [4.78, 5) is 22.5. The van der Waals surface area contributed by atoms with E-state index in [1.54, 1.807) is 0 Å². The topological polar surface area (TPSA) is 49.0 Å². The van der Waals surface area contributed by atoms with Crippen LogP contribution in [-0.2, 0) is 4.79 Å². The molecule has 22 heavy (non-hydrogen) atoms. The van der Waals surface area contributed by atoms with Crippen LogP contribution in [0.15, 0.2) is 23.4 Å². The highest BCUT2D eigenvalue weighted by Crippen LogP contribution is 2.25. The number of rotatable bonds is 3. The first-order valence-electron chi connectivity index (χ1n) is 8.05. The van der Waals surface area contributed by atoms with Gasteiger partial charge in [-0.25, -0.2) is 4.98 Å². The van der Waals surface area contributed by atoms with Crippen molar-refractivity contribution in [1.29, 1.82) is 0 Å². The van der Waals surface area contributed by atoms with Gasteiger partial charge in [-0.15, -0.1) is 0 Å². The predicted molar refractivity (Wildman–Crippen MR) is 91.2 cm³/mol. The van der Waals surface area contributed by atoms with Gasteiger partial charge >= 0.3 is 0 Å². The van der Waals surface area contributed by atoms with Gasteiger partial charge in [-0.1, -0.05) is 30.7 Å². The zero-order chi connectivity index (χ0) is 15.5. The fourth-order valence-electron chi connectivity index (χ4n) is 2.92. The fourth-order valence-corrected chi connectivity index (χ4v) is 3.83. The van der Waals surface area contributed by atoms with Crippen LogP contribution in [-0.4, -0.2) is 39.1 Å². The van der Waals surface area contributed by atoms with Gasteiger partial charge < -0.3 is 9.88 Å². The average molecular weight is 317 g/mol. The van der Waals surface area contributed by atoms with E-state index in [4.69, 9.17) is 0 Å². The van der Waals surface area contributed by atoms with E-state index in [-0.39, 0.29) is 11.2 Å². The largest absolute Gasteiger partial charge is 0.342 e. The third kappa shape index (κ3) is 3.46. The molecule has 5 heteroatoms. The van der Waals surface area contributed by atoms with Gasteiger partial charge in [0.1, 0.15) is 0 Å². The van der Waals surface area contributed by atoms with E-state index in [1.165, 1.54) is 30.2 Å². The summed E-state index contributed by atoms with van der Waals surface area (Å²) in [7, 11) is 0. The SMILES string of the molecule is Cc1ccc2nc(SC(C)C(=O)N3CCCCCC3)[nH]c2c1. The molecule has 1 aromatic heterocycles. The minimum absolute atomic E-state index is 0.0974. The highest BCUT2D eigenvalue weighted by Gasteiger charge is 2.23. The first kappa shape index (κ1) is 15.4. The monoisotopic (exact) mass is 317 g/mol. The number of nitrogens with one attached hydrogen (secondary N) is 1. The van der Waals surface area contributed by atoms with E-state index >= 15 is 0 Å². The summed E-state index contributed by atoms with van der Waals surface area (Å²) in [5, 5.41) is 0.732. The number of amides is 1.